The summed E-state index contributed by atoms with van der Waals surface area (Å²) in [5.41, 5.74) is -1.44. The first-order valence-corrected chi connectivity index (χ1v) is 4.07. The number of halogens is 4. The number of rotatable bonds is 1. The SMILES string of the molecule is O=C(O)c1cc(Br)c(C(F)(F)F)cn1. The predicted molar refractivity (Wildman–Crippen MR) is 43.9 cm³/mol. The lowest BCUT2D eigenvalue weighted by atomic mass is 10.2. The maximum absolute atomic E-state index is 12.2. The minimum Gasteiger partial charge on any atom is -0.477 e. The Morgan fingerprint density at radius 3 is 2.43 bits per heavy atom. The maximum Gasteiger partial charge on any atom is 0.418 e. The van der Waals surface area contributed by atoms with Gasteiger partial charge >= 0.3 is 12.1 Å². The van der Waals surface area contributed by atoms with E-state index in [0.717, 1.165) is 6.07 Å². The molecule has 0 spiro atoms. The highest BCUT2D eigenvalue weighted by atomic mass is 79.9. The van der Waals surface area contributed by atoms with Crippen molar-refractivity contribution in [3.63, 3.8) is 0 Å². The standard InChI is InChI=1S/C7H3BrF3NO2/c8-4-1-5(6(13)14)12-2-3(4)7(9,10)11/h1-2H,(H,13,14). The van der Waals surface area contributed by atoms with Crippen LogP contribution in [0.3, 0.4) is 0 Å². The van der Waals surface area contributed by atoms with Crippen molar-refractivity contribution in [2.45, 2.75) is 6.18 Å². The van der Waals surface area contributed by atoms with Crippen LogP contribution in [0.2, 0.25) is 0 Å². The number of alkyl halides is 3. The minimum absolute atomic E-state index is 0.336. The van der Waals surface area contributed by atoms with Gasteiger partial charge in [0.1, 0.15) is 5.69 Å². The minimum atomic E-state index is -4.54. The number of pyridine rings is 1. The smallest absolute Gasteiger partial charge is 0.418 e. The van der Waals surface area contributed by atoms with Crippen molar-refractivity contribution in [3.8, 4) is 0 Å². The molecule has 0 radical (unpaired) electrons. The zero-order valence-electron chi connectivity index (χ0n) is 6.47. The Hall–Kier alpha value is -1.11. The van der Waals surface area contributed by atoms with Gasteiger partial charge in [-0.3, -0.25) is 0 Å². The van der Waals surface area contributed by atoms with Crippen LogP contribution in [-0.2, 0) is 6.18 Å². The van der Waals surface area contributed by atoms with E-state index in [1.807, 2.05) is 0 Å². The second-order valence-corrected chi connectivity index (χ2v) is 3.21. The highest BCUT2D eigenvalue weighted by molar-refractivity contribution is 9.10. The van der Waals surface area contributed by atoms with Gasteiger partial charge in [-0.25, -0.2) is 9.78 Å². The molecule has 3 nitrogen and oxygen atoms in total. The topological polar surface area (TPSA) is 50.2 Å². The maximum atomic E-state index is 12.2. The van der Waals surface area contributed by atoms with Crippen LogP contribution in [0.4, 0.5) is 13.2 Å². The molecule has 0 bridgehead atoms. The predicted octanol–water partition coefficient (Wildman–Crippen LogP) is 2.56. The number of nitrogens with zero attached hydrogens (tertiary/aromatic N) is 1. The lowest BCUT2D eigenvalue weighted by Crippen LogP contribution is -2.09. The zero-order valence-corrected chi connectivity index (χ0v) is 8.06. The molecule has 0 fully saturated rings. The normalized spacial score (nSPS) is 11.4. The molecule has 0 aliphatic carbocycles. The van der Waals surface area contributed by atoms with Crippen molar-refractivity contribution < 1.29 is 23.1 Å². The van der Waals surface area contributed by atoms with Gasteiger partial charge in [-0.2, -0.15) is 13.2 Å². The summed E-state index contributed by atoms with van der Waals surface area (Å²) in [5, 5.41) is 8.44. The van der Waals surface area contributed by atoms with Crippen LogP contribution >= 0.6 is 15.9 Å². The number of aromatic nitrogens is 1. The molecule has 1 heterocycles. The Labute approximate surface area is 84.7 Å². The Bertz CT molecular complexity index is 378. The molecule has 0 saturated carbocycles. The summed E-state index contributed by atoms with van der Waals surface area (Å²) in [6, 6.07) is 0.811. The van der Waals surface area contributed by atoms with E-state index >= 15 is 0 Å². The molecule has 0 aromatic carbocycles. The van der Waals surface area contributed by atoms with Crippen LogP contribution in [0.1, 0.15) is 16.1 Å². The molecule has 1 aromatic heterocycles. The number of aromatic carboxylic acids is 1. The molecule has 1 rings (SSSR count). The van der Waals surface area contributed by atoms with Gasteiger partial charge in [-0.05, 0) is 6.07 Å². The molecule has 14 heavy (non-hydrogen) atoms. The summed E-state index contributed by atoms with van der Waals surface area (Å²) >= 11 is 2.63. The van der Waals surface area contributed by atoms with Gasteiger partial charge in [0, 0.05) is 10.7 Å². The molecule has 1 N–H and O–H groups in total. The van der Waals surface area contributed by atoms with E-state index in [2.05, 4.69) is 20.9 Å². The summed E-state index contributed by atoms with van der Waals surface area (Å²) in [6.07, 6.45) is -4.06. The molecule has 76 valence electrons. The molecule has 1 aromatic rings. The lowest BCUT2D eigenvalue weighted by molar-refractivity contribution is -0.138. The highest BCUT2D eigenvalue weighted by Gasteiger charge is 2.33. The van der Waals surface area contributed by atoms with Crippen LogP contribution in [0.15, 0.2) is 16.7 Å². The molecule has 0 unspecified atom stereocenters. The number of carbonyl (C=O) groups is 1. The van der Waals surface area contributed by atoms with Gasteiger partial charge in [0.15, 0.2) is 0 Å². The second-order valence-electron chi connectivity index (χ2n) is 2.35. The van der Waals surface area contributed by atoms with Crippen molar-refractivity contribution >= 4 is 21.9 Å². The largest absolute Gasteiger partial charge is 0.477 e. The van der Waals surface area contributed by atoms with Crippen molar-refractivity contribution in [2.24, 2.45) is 0 Å². The molecular weight excluding hydrogens is 267 g/mol. The van der Waals surface area contributed by atoms with Crippen molar-refractivity contribution in [1.82, 2.24) is 4.98 Å². The third-order valence-electron chi connectivity index (χ3n) is 1.38. The number of hydrogen-bond acceptors (Lipinski definition) is 2. The van der Waals surface area contributed by atoms with Crippen LogP contribution in [-0.4, -0.2) is 16.1 Å². The van der Waals surface area contributed by atoms with Crippen molar-refractivity contribution in [1.29, 1.82) is 0 Å². The van der Waals surface area contributed by atoms with E-state index in [-0.39, 0.29) is 4.47 Å². The molecule has 0 aliphatic rings. The summed E-state index contributed by atoms with van der Waals surface area (Å²) in [4.78, 5) is 13.5. The third-order valence-corrected chi connectivity index (χ3v) is 2.03. The van der Waals surface area contributed by atoms with Gasteiger partial charge in [0.05, 0.1) is 5.56 Å². The van der Waals surface area contributed by atoms with E-state index in [1.165, 1.54) is 0 Å². The summed E-state index contributed by atoms with van der Waals surface area (Å²) in [6.45, 7) is 0. The van der Waals surface area contributed by atoms with E-state index < -0.39 is 23.4 Å². The van der Waals surface area contributed by atoms with Crippen LogP contribution < -0.4 is 0 Å². The Kier molecular flexibility index (Phi) is 2.79. The van der Waals surface area contributed by atoms with E-state index in [0.29, 0.717) is 6.20 Å². The summed E-state index contributed by atoms with van der Waals surface area (Å²) in [7, 11) is 0. The monoisotopic (exact) mass is 269 g/mol. The number of hydrogen-bond donors (Lipinski definition) is 1. The van der Waals surface area contributed by atoms with Gasteiger partial charge in [0.25, 0.3) is 0 Å². The fourth-order valence-corrected chi connectivity index (χ4v) is 1.30. The van der Waals surface area contributed by atoms with Crippen LogP contribution in [0.25, 0.3) is 0 Å². The number of carboxylic acids is 1. The van der Waals surface area contributed by atoms with Gasteiger partial charge < -0.3 is 5.11 Å². The first-order valence-electron chi connectivity index (χ1n) is 3.28. The molecular formula is C7H3BrF3NO2. The Balaban J connectivity index is 3.21. The molecule has 0 atom stereocenters. The molecule has 0 amide bonds. The van der Waals surface area contributed by atoms with Crippen molar-refractivity contribution in [3.05, 3.63) is 28.0 Å². The van der Waals surface area contributed by atoms with Gasteiger partial charge in [-0.1, -0.05) is 15.9 Å². The quantitative estimate of drug-likeness (QED) is 0.853. The van der Waals surface area contributed by atoms with Crippen LogP contribution in [0, 0.1) is 0 Å². The second kappa shape index (κ2) is 3.56. The first kappa shape index (κ1) is 11.0. The number of carboxylic acid groups (broad SMARTS) is 1. The average Bonchev–Trinajstić information content (AvgIpc) is 2.01. The van der Waals surface area contributed by atoms with Gasteiger partial charge in [0.2, 0.25) is 0 Å². The summed E-state index contributed by atoms with van der Waals surface area (Å²) in [5.74, 6) is -1.38. The van der Waals surface area contributed by atoms with E-state index in [4.69, 9.17) is 5.11 Å². The summed E-state index contributed by atoms with van der Waals surface area (Å²) < 4.78 is 36.2. The first-order chi connectivity index (χ1) is 6.32. The Morgan fingerprint density at radius 1 is 1.50 bits per heavy atom. The Morgan fingerprint density at radius 2 is 2.07 bits per heavy atom. The zero-order chi connectivity index (χ0) is 10.9. The average molecular weight is 270 g/mol. The fourth-order valence-electron chi connectivity index (χ4n) is 0.756. The highest BCUT2D eigenvalue weighted by Crippen LogP contribution is 2.34. The van der Waals surface area contributed by atoms with Gasteiger partial charge in [-0.15, -0.1) is 0 Å². The fraction of sp³-hybridized carbons (Fsp3) is 0.143. The lowest BCUT2D eigenvalue weighted by Gasteiger charge is -2.08. The molecule has 7 heteroatoms. The molecule has 0 aliphatic heterocycles. The van der Waals surface area contributed by atoms with Crippen molar-refractivity contribution in [2.75, 3.05) is 0 Å². The van der Waals surface area contributed by atoms with E-state index in [9.17, 15) is 18.0 Å². The molecule has 0 saturated heterocycles. The van der Waals surface area contributed by atoms with E-state index in [1.54, 1.807) is 0 Å². The third kappa shape index (κ3) is 2.22. The van der Waals surface area contributed by atoms with Crippen LogP contribution in [0.5, 0.6) is 0 Å².